The number of halogens is 2. The second-order valence-corrected chi connectivity index (χ2v) is 4.75. The highest BCUT2D eigenvalue weighted by Crippen LogP contribution is 2.09. The summed E-state index contributed by atoms with van der Waals surface area (Å²) in [6, 6.07) is 1.69. The SMILES string of the molecule is O=C(O)CCn1cc(I)cc(Br)c1=O. The van der Waals surface area contributed by atoms with Crippen molar-refractivity contribution in [1.82, 2.24) is 4.57 Å². The van der Waals surface area contributed by atoms with Gasteiger partial charge in [-0.15, -0.1) is 0 Å². The lowest BCUT2D eigenvalue weighted by molar-refractivity contribution is -0.137. The normalized spacial score (nSPS) is 10.1. The van der Waals surface area contributed by atoms with Gasteiger partial charge in [0.15, 0.2) is 0 Å². The minimum Gasteiger partial charge on any atom is -0.481 e. The first-order chi connectivity index (χ1) is 6.50. The Bertz CT molecular complexity index is 416. The van der Waals surface area contributed by atoms with Crippen LogP contribution in [-0.2, 0) is 11.3 Å². The maximum Gasteiger partial charge on any atom is 0.305 e. The first-order valence-corrected chi connectivity index (χ1v) is 5.65. The largest absolute Gasteiger partial charge is 0.481 e. The van der Waals surface area contributed by atoms with Crippen LogP contribution >= 0.6 is 38.5 Å². The molecule has 76 valence electrons. The van der Waals surface area contributed by atoms with Crippen molar-refractivity contribution in [2.24, 2.45) is 0 Å². The van der Waals surface area contributed by atoms with Crippen LogP contribution in [0.2, 0.25) is 0 Å². The molecule has 0 aliphatic rings. The molecule has 0 aromatic carbocycles. The number of aryl methyl sites for hydroxylation is 1. The van der Waals surface area contributed by atoms with Crippen LogP contribution in [0.4, 0.5) is 0 Å². The fraction of sp³-hybridized carbons (Fsp3) is 0.250. The van der Waals surface area contributed by atoms with E-state index in [-0.39, 0.29) is 18.5 Å². The molecule has 0 aliphatic heterocycles. The van der Waals surface area contributed by atoms with Gasteiger partial charge in [0, 0.05) is 16.3 Å². The fourth-order valence-electron chi connectivity index (χ4n) is 0.947. The molecule has 0 atom stereocenters. The second kappa shape index (κ2) is 4.92. The molecule has 0 aliphatic carbocycles. The first kappa shape index (κ1) is 11.7. The minimum absolute atomic E-state index is 0.0492. The van der Waals surface area contributed by atoms with E-state index < -0.39 is 5.97 Å². The molecular formula is C8H7BrINO3. The number of pyridine rings is 1. The topological polar surface area (TPSA) is 59.3 Å². The Labute approximate surface area is 102 Å². The quantitative estimate of drug-likeness (QED) is 0.822. The van der Waals surface area contributed by atoms with Crippen LogP contribution in [0.5, 0.6) is 0 Å². The predicted molar refractivity (Wildman–Crippen MR) is 63.4 cm³/mol. The number of hydrogen-bond donors (Lipinski definition) is 1. The number of rotatable bonds is 3. The van der Waals surface area contributed by atoms with Crippen molar-refractivity contribution >= 4 is 44.5 Å². The minimum atomic E-state index is -0.910. The van der Waals surface area contributed by atoms with Gasteiger partial charge >= 0.3 is 5.97 Å². The number of carboxylic acids is 1. The lowest BCUT2D eigenvalue weighted by Crippen LogP contribution is -2.21. The van der Waals surface area contributed by atoms with Crippen LogP contribution in [-0.4, -0.2) is 15.6 Å². The van der Waals surface area contributed by atoms with Gasteiger partial charge in [-0.1, -0.05) is 0 Å². The summed E-state index contributed by atoms with van der Waals surface area (Å²) in [6.45, 7) is 0.198. The smallest absolute Gasteiger partial charge is 0.305 e. The van der Waals surface area contributed by atoms with Gasteiger partial charge in [-0.3, -0.25) is 9.59 Å². The summed E-state index contributed by atoms with van der Waals surface area (Å²) in [6.07, 6.45) is 1.59. The van der Waals surface area contributed by atoms with Gasteiger partial charge < -0.3 is 9.67 Å². The highest BCUT2D eigenvalue weighted by atomic mass is 127. The third kappa shape index (κ3) is 3.09. The van der Waals surface area contributed by atoms with E-state index in [0.717, 1.165) is 3.57 Å². The summed E-state index contributed by atoms with van der Waals surface area (Å²) >= 11 is 5.19. The Morgan fingerprint density at radius 1 is 1.64 bits per heavy atom. The van der Waals surface area contributed by atoms with Gasteiger partial charge in [-0.2, -0.15) is 0 Å². The van der Waals surface area contributed by atoms with Crippen molar-refractivity contribution in [3.63, 3.8) is 0 Å². The number of aromatic nitrogens is 1. The van der Waals surface area contributed by atoms with Gasteiger partial charge in [0.1, 0.15) is 0 Å². The zero-order valence-corrected chi connectivity index (χ0v) is 10.8. The van der Waals surface area contributed by atoms with E-state index in [2.05, 4.69) is 38.5 Å². The van der Waals surface area contributed by atoms with E-state index in [1.165, 1.54) is 4.57 Å². The number of carbonyl (C=O) groups is 1. The molecule has 1 aromatic rings. The zero-order valence-electron chi connectivity index (χ0n) is 7.04. The molecule has 14 heavy (non-hydrogen) atoms. The Hall–Kier alpha value is -0.370. The Morgan fingerprint density at radius 3 is 2.86 bits per heavy atom. The number of nitrogens with zero attached hydrogens (tertiary/aromatic N) is 1. The number of carboxylic acid groups (broad SMARTS) is 1. The molecule has 1 rings (SSSR count). The summed E-state index contributed by atoms with van der Waals surface area (Å²) in [5, 5.41) is 8.48. The van der Waals surface area contributed by atoms with E-state index in [1.807, 2.05) is 0 Å². The van der Waals surface area contributed by atoms with Crippen LogP contribution in [0.15, 0.2) is 21.5 Å². The van der Waals surface area contributed by atoms with Gasteiger partial charge in [0.2, 0.25) is 0 Å². The summed E-state index contributed by atoms with van der Waals surface area (Å²) < 4.78 is 2.73. The summed E-state index contributed by atoms with van der Waals surface area (Å²) in [7, 11) is 0. The summed E-state index contributed by atoms with van der Waals surface area (Å²) in [5.74, 6) is -0.910. The van der Waals surface area contributed by atoms with Crippen LogP contribution in [0.25, 0.3) is 0 Å². The van der Waals surface area contributed by atoms with Crippen LogP contribution in [0, 0.1) is 3.57 Å². The highest BCUT2D eigenvalue weighted by Gasteiger charge is 2.04. The van der Waals surface area contributed by atoms with Crippen molar-refractivity contribution in [2.75, 3.05) is 0 Å². The van der Waals surface area contributed by atoms with Crippen molar-refractivity contribution < 1.29 is 9.90 Å². The molecule has 1 aromatic heterocycles. The molecule has 0 fully saturated rings. The van der Waals surface area contributed by atoms with Crippen molar-refractivity contribution in [3.8, 4) is 0 Å². The standard InChI is InChI=1S/C8H7BrINO3/c9-6-3-5(10)4-11(8(6)14)2-1-7(12)13/h3-4H,1-2H2,(H,12,13). The monoisotopic (exact) mass is 371 g/mol. The number of hydrogen-bond acceptors (Lipinski definition) is 2. The highest BCUT2D eigenvalue weighted by molar-refractivity contribution is 14.1. The third-order valence-electron chi connectivity index (χ3n) is 1.58. The second-order valence-electron chi connectivity index (χ2n) is 2.65. The van der Waals surface area contributed by atoms with Crippen molar-refractivity contribution in [3.05, 3.63) is 30.7 Å². The fourth-order valence-corrected chi connectivity index (χ4v) is 2.50. The molecule has 0 unspecified atom stereocenters. The van der Waals surface area contributed by atoms with E-state index >= 15 is 0 Å². The molecule has 0 radical (unpaired) electrons. The maximum absolute atomic E-state index is 11.5. The summed E-state index contributed by atoms with van der Waals surface area (Å²) in [4.78, 5) is 21.8. The lowest BCUT2D eigenvalue weighted by Gasteiger charge is -2.04. The molecule has 6 heteroatoms. The molecule has 0 saturated heterocycles. The van der Waals surface area contributed by atoms with E-state index in [0.29, 0.717) is 4.47 Å². The zero-order chi connectivity index (χ0) is 10.7. The van der Waals surface area contributed by atoms with Crippen LogP contribution < -0.4 is 5.56 Å². The third-order valence-corrected chi connectivity index (χ3v) is 2.73. The molecular weight excluding hydrogens is 365 g/mol. The van der Waals surface area contributed by atoms with Crippen molar-refractivity contribution in [1.29, 1.82) is 0 Å². The molecule has 4 nitrogen and oxygen atoms in total. The predicted octanol–water partition coefficient (Wildman–Crippen LogP) is 1.69. The molecule has 0 bridgehead atoms. The summed E-state index contributed by atoms with van der Waals surface area (Å²) in [5.41, 5.74) is -0.202. The average Bonchev–Trinajstić information content (AvgIpc) is 2.08. The van der Waals surface area contributed by atoms with Crippen molar-refractivity contribution in [2.45, 2.75) is 13.0 Å². The van der Waals surface area contributed by atoms with Gasteiger partial charge in [-0.25, -0.2) is 0 Å². The van der Waals surface area contributed by atoms with Crippen LogP contribution in [0.1, 0.15) is 6.42 Å². The molecule has 1 heterocycles. The maximum atomic E-state index is 11.5. The Morgan fingerprint density at radius 2 is 2.29 bits per heavy atom. The van der Waals surface area contributed by atoms with Crippen LogP contribution in [0.3, 0.4) is 0 Å². The van der Waals surface area contributed by atoms with E-state index in [4.69, 9.17) is 5.11 Å². The Kier molecular flexibility index (Phi) is 4.11. The molecule has 0 amide bonds. The Balaban J connectivity index is 2.97. The molecule has 0 saturated carbocycles. The van der Waals surface area contributed by atoms with Gasteiger partial charge in [-0.05, 0) is 44.6 Å². The van der Waals surface area contributed by atoms with E-state index in [9.17, 15) is 9.59 Å². The molecule has 0 spiro atoms. The van der Waals surface area contributed by atoms with Gasteiger partial charge in [0.05, 0.1) is 10.9 Å². The lowest BCUT2D eigenvalue weighted by atomic mass is 10.4. The number of aliphatic carboxylic acids is 1. The van der Waals surface area contributed by atoms with E-state index in [1.54, 1.807) is 12.3 Å². The van der Waals surface area contributed by atoms with Gasteiger partial charge in [0.25, 0.3) is 5.56 Å². The first-order valence-electron chi connectivity index (χ1n) is 3.78. The molecule has 1 N–H and O–H groups in total. The average molecular weight is 372 g/mol.